The van der Waals surface area contributed by atoms with E-state index in [1.807, 2.05) is 35.0 Å². The van der Waals surface area contributed by atoms with Crippen LogP contribution in [0.5, 0.6) is 0 Å². The van der Waals surface area contributed by atoms with Gasteiger partial charge >= 0.3 is 0 Å². The van der Waals surface area contributed by atoms with Crippen LogP contribution in [0.2, 0.25) is 0 Å². The number of hydrogen-bond donors (Lipinski definition) is 1. The zero-order valence-corrected chi connectivity index (χ0v) is 16.7. The van der Waals surface area contributed by atoms with E-state index in [0.29, 0.717) is 17.5 Å². The van der Waals surface area contributed by atoms with Crippen molar-refractivity contribution in [2.24, 2.45) is 0 Å². The molecular formula is C18H22N4O3S2. The zero-order valence-electron chi connectivity index (χ0n) is 15.0. The maximum Gasteiger partial charge on any atom is 0.233 e. The van der Waals surface area contributed by atoms with Crippen LogP contribution in [-0.4, -0.2) is 51.9 Å². The molecule has 0 unspecified atom stereocenters. The molecule has 1 N–H and O–H groups in total. The van der Waals surface area contributed by atoms with Crippen molar-refractivity contribution < 1.29 is 13.2 Å². The summed E-state index contributed by atoms with van der Waals surface area (Å²) < 4.78 is 25.0. The lowest BCUT2D eigenvalue weighted by molar-refractivity contribution is -0.120. The molecule has 1 aromatic heterocycles. The van der Waals surface area contributed by atoms with Gasteiger partial charge in [0.1, 0.15) is 5.82 Å². The largest absolute Gasteiger partial charge is 0.351 e. The molecule has 0 bridgehead atoms. The van der Waals surface area contributed by atoms with E-state index in [-0.39, 0.29) is 23.5 Å². The van der Waals surface area contributed by atoms with Crippen molar-refractivity contribution in [3.63, 3.8) is 0 Å². The third-order valence-corrected chi connectivity index (χ3v) is 7.51. The number of aromatic nitrogens is 3. The average molecular weight is 407 g/mol. The molecule has 7 nitrogen and oxygen atoms in total. The predicted molar refractivity (Wildman–Crippen MR) is 104 cm³/mol. The summed E-state index contributed by atoms with van der Waals surface area (Å²) in [6.45, 7) is 1.80. The minimum Gasteiger partial charge on any atom is -0.351 e. The number of nitrogens with one attached hydrogen (secondary N) is 1. The van der Waals surface area contributed by atoms with Crippen LogP contribution in [0, 0.1) is 0 Å². The Morgan fingerprint density at radius 2 is 2.00 bits per heavy atom. The normalized spacial score (nSPS) is 22.5. The van der Waals surface area contributed by atoms with Crippen LogP contribution in [0.3, 0.4) is 0 Å². The Hall–Kier alpha value is -1.87. The lowest BCUT2D eigenvalue weighted by atomic mass is 10.2. The van der Waals surface area contributed by atoms with Crippen molar-refractivity contribution in [2.45, 2.75) is 48.6 Å². The quantitative estimate of drug-likeness (QED) is 0.737. The first-order chi connectivity index (χ1) is 12.9. The average Bonchev–Trinajstić information content (AvgIpc) is 3.31. The summed E-state index contributed by atoms with van der Waals surface area (Å²) in [5.74, 6) is 1.38. The van der Waals surface area contributed by atoms with Gasteiger partial charge in [-0.2, -0.15) is 0 Å². The molecule has 1 amide bonds. The molecule has 2 atom stereocenters. The number of benzene rings is 1. The fourth-order valence-electron chi connectivity index (χ4n) is 3.16. The van der Waals surface area contributed by atoms with E-state index < -0.39 is 15.1 Å². The summed E-state index contributed by atoms with van der Waals surface area (Å²) in [6.07, 6.45) is 2.71. The summed E-state index contributed by atoms with van der Waals surface area (Å²) in [5.41, 5.74) is 0.965. The highest BCUT2D eigenvalue weighted by Crippen LogP contribution is 2.40. The minimum atomic E-state index is -3.01. The molecule has 2 heterocycles. The minimum absolute atomic E-state index is 0.0306. The van der Waals surface area contributed by atoms with Crippen LogP contribution in [-0.2, 0) is 14.6 Å². The molecule has 2 aromatic rings. The van der Waals surface area contributed by atoms with Gasteiger partial charge in [0, 0.05) is 12.0 Å². The van der Waals surface area contributed by atoms with Crippen LogP contribution in [0.4, 0.5) is 0 Å². The van der Waals surface area contributed by atoms with E-state index in [1.54, 1.807) is 6.92 Å². The molecule has 4 rings (SSSR count). The zero-order chi connectivity index (χ0) is 19.0. The molecule has 144 valence electrons. The first-order valence-electron chi connectivity index (χ1n) is 9.11. The number of amides is 1. The molecule has 1 aliphatic carbocycles. The maximum atomic E-state index is 12.4. The van der Waals surface area contributed by atoms with Crippen LogP contribution in [0.25, 0.3) is 5.69 Å². The Bertz CT molecular complexity index is 939. The van der Waals surface area contributed by atoms with E-state index in [2.05, 4.69) is 15.4 Å². The van der Waals surface area contributed by atoms with Crippen molar-refractivity contribution in [3.8, 4) is 5.69 Å². The molecule has 1 aliphatic heterocycles. The molecule has 27 heavy (non-hydrogen) atoms. The Balaban J connectivity index is 1.45. The van der Waals surface area contributed by atoms with Gasteiger partial charge in [-0.05, 0) is 38.3 Å². The second-order valence-electron chi connectivity index (χ2n) is 7.14. The fraction of sp³-hybridized carbons (Fsp3) is 0.500. The monoisotopic (exact) mass is 406 g/mol. The van der Waals surface area contributed by atoms with E-state index in [1.165, 1.54) is 11.8 Å². The van der Waals surface area contributed by atoms with Crippen molar-refractivity contribution in [1.82, 2.24) is 20.1 Å². The van der Waals surface area contributed by atoms with Gasteiger partial charge in [-0.1, -0.05) is 30.0 Å². The van der Waals surface area contributed by atoms with Crippen molar-refractivity contribution in [1.29, 1.82) is 0 Å². The Labute approximate surface area is 162 Å². The van der Waals surface area contributed by atoms with E-state index >= 15 is 0 Å². The highest BCUT2D eigenvalue weighted by atomic mass is 32.2. The third-order valence-electron chi connectivity index (χ3n) is 4.79. The summed E-state index contributed by atoms with van der Waals surface area (Å²) in [4.78, 5) is 17.1. The number of nitrogens with zero attached hydrogens (tertiary/aromatic N) is 3. The Morgan fingerprint density at radius 3 is 2.63 bits per heavy atom. The maximum absolute atomic E-state index is 12.4. The first kappa shape index (κ1) is 18.5. The molecule has 0 spiro atoms. The fourth-order valence-corrected chi connectivity index (χ4v) is 5.60. The van der Waals surface area contributed by atoms with Gasteiger partial charge in [-0.25, -0.2) is 18.1 Å². The van der Waals surface area contributed by atoms with Gasteiger partial charge in [-0.15, -0.1) is 5.10 Å². The molecule has 9 heteroatoms. The van der Waals surface area contributed by atoms with Crippen molar-refractivity contribution in [3.05, 3.63) is 36.2 Å². The van der Waals surface area contributed by atoms with Gasteiger partial charge in [0.15, 0.2) is 9.84 Å². The first-order valence-corrected chi connectivity index (χ1v) is 11.8. The predicted octanol–water partition coefficient (Wildman–Crippen LogP) is 1.93. The number of carbonyl (C=O) groups excluding carboxylic acids is 1. The lowest BCUT2D eigenvalue weighted by Gasteiger charge is -2.14. The standard InChI is InChI=1S/C18H22N4O3S2/c1-12(17(23)19-14-9-10-27(24,25)11-14)26-18-20-16(13-7-8-13)22(21-18)15-5-3-2-4-6-15/h2-6,12-14H,7-11H2,1H3,(H,19,23)/t12-,14-/m0/s1. The summed E-state index contributed by atoms with van der Waals surface area (Å²) in [7, 11) is -3.01. The third kappa shape index (κ3) is 4.35. The van der Waals surface area contributed by atoms with Gasteiger partial charge in [-0.3, -0.25) is 4.79 Å². The van der Waals surface area contributed by atoms with E-state index in [9.17, 15) is 13.2 Å². The molecule has 1 saturated carbocycles. The Kier molecular flexibility index (Phi) is 4.98. The number of sulfone groups is 1. The van der Waals surface area contributed by atoms with Crippen LogP contribution in [0.15, 0.2) is 35.5 Å². The molecular weight excluding hydrogens is 384 g/mol. The smallest absolute Gasteiger partial charge is 0.233 e. The second-order valence-corrected chi connectivity index (χ2v) is 10.7. The van der Waals surface area contributed by atoms with Gasteiger partial charge in [0.05, 0.1) is 22.4 Å². The van der Waals surface area contributed by atoms with Gasteiger partial charge < -0.3 is 5.32 Å². The lowest BCUT2D eigenvalue weighted by Crippen LogP contribution is -2.39. The van der Waals surface area contributed by atoms with E-state index in [4.69, 9.17) is 0 Å². The van der Waals surface area contributed by atoms with Crippen molar-refractivity contribution >= 4 is 27.5 Å². The van der Waals surface area contributed by atoms with Gasteiger partial charge in [0.2, 0.25) is 11.1 Å². The number of thioether (sulfide) groups is 1. The number of carbonyl (C=O) groups is 1. The van der Waals surface area contributed by atoms with Crippen LogP contribution in [0.1, 0.15) is 37.9 Å². The van der Waals surface area contributed by atoms with Gasteiger partial charge in [0.25, 0.3) is 0 Å². The number of para-hydroxylation sites is 1. The topological polar surface area (TPSA) is 93.9 Å². The molecule has 2 fully saturated rings. The molecule has 0 radical (unpaired) electrons. The van der Waals surface area contributed by atoms with Crippen molar-refractivity contribution in [2.75, 3.05) is 11.5 Å². The molecule has 1 saturated heterocycles. The summed E-state index contributed by atoms with van der Waals surface area (Å²) in [5, 5.41) is 7.63. The summed E-state index contributed by atoms with van der Waals surface area (Å²) >= 11 is 1.31. The van der Waals surface area contributed by atoms with Crippen LogP contribution >= 0.6 is 11.8 Å². The molecule has 1 aromatic carbocycles. The highest BCUT2D eigenvalue weighted by molar-refractivity contribution is 8.00. The van der Waals surface area contributed by atoms with E-state index in [0.717, 1.165) is 24.4 Å². The highest BCUT2D eigenvalue weighted by Gasteiger charge is 2.32. The van der Waals surface area contributed by atoms with Crippen LogP contribution < -0.4 is 5.32 Å². The Morgan fingerprint density at radius 1 is 1.26 bits per heavy atom. The second kappa shape index (κ2) is 7.27. The SMILES string of the molecule is C[C@H](Sc1nc(C2CC2)n(-c2ccccc2)n1)C(=O)N[C@H]1CCS(=O)(=O)C1. The number of rotatable bonds is 6. The molecule has 2 aliphatic rings. The number of hydrogen-bond acceptors (Lipinski definition) is 6. The summed E-state index contributed by atoms with van der Waals surface area (Å²) in [6, 6.07) is 9.58.